The molecule has 1 aliphatic rings. The maximum atomic E-state index is 12.0. The second-order valence-electron chi connectivity index (χ2n) is 3.19. The lowest BCUT2D eigenvalue weighted by Gasteiger charge is -2.19. The third kappa shape index (κ3) is 2.15. The summed E-state index contributed by atoms with van der Waals surface area (Å²) in [5.74, 6) is -0.213. The van der Waals surface area contributed by atoms with Gasteiger partial charge < -0.3 is 4.90 Å². The van der Waals surface area contributed by atoms with Crippen molar-refractivity contribution in [2.24, 2.45) is 0 Å². The van der Waals surface area contributed by atoms with Crippen LogP contribution < -0.4 is 5.32 Å². The summed E-state index contributed by atoms with van der Waals surface area (Å²) < 4.78 is 24.1. The van der Waals surface area contributed by atoms with Crippen molar-refractivity contribution in [3.05, 3.63) is 0 Å². The average molecular weight is 192 g/mol. The summed E-state index contributed by atoms with van der Waals surface area (Å²) in [5, 5.41) is 2.95. The van der Waals surface area contributed by atoms with Gasteiger partial charge in [-0.25, -0.2) is 8.78 Å². The first kappa shape index (κ1) is 10.4. The molecule has 76 valence electrons. The van der Waals surface area contributed by atoms with E-state index in [-0.39, 0.29) is 18.1 Å². The molecule has 0 aromatic heterocycles. The highest BCUT2D eigenvalue weighted by molar-refractivity contribution is 5.84. The van der Waals surface area contributed by atoms with Gasteiger partial charge in [0, 0.05) is 0 Å². The highest BCUT2D eigenvalue weighted by Crippen LogP contribution is 2.14. The van der Waals surface area contributed by atoms with Crippen molar-refractivity contribution >= 4 is 5.91 Å². The number of nitrogens with zero attached hydrogens (tertiary/aromatic N) is 1. The van der Waals surface area contributed by atoms with E-state index in [1.165, 1.54) is 4.90 Å². The van der Waals surface area contributed by atoms with E-state index in [4.69, 9.17) is 0 Å². The lowest BCUT2D eigenvalue weighted by Crippen LogP contribution is -2.38. The molecule has 2 atom stereocenters. The highest BCUT2D eigenvalue weighted by Gasteiger charge is 2.36. The van der Waals surface area contributed by atoms with Gasteiger partial charge in [-0.15, -0.1) is 0 Å². The van der Waals surface area contributed by atoms with E-state index in [0.29, 0.717) is 6.42 Å². The molecule has 1 amide bonds. The number of carbonyl (C=O) groups excluding carboxylic acids is 1. The van der Waals surface area contributed by atoms with Crippen LogP contribution in [0.5, 0.6) is 0 Å². The molecule has 5 heteroatoms. The Balaban J connectivity index is 2.59. The fraction of sp³-hybridized carbons (Fsp3) is 0.875. The van der Waals surface area contributed by atoms with E-state index in [1.54, 1.807) is 6.92 Å². The Morgan fingerprint density at radius 3 is 2.62 bits per heavy atom. The second-order valence-corrected chi connectivity index (χ2v) is 3.19. The van der Waals surface area contributed by atoms with Gasteiger partial charge in [-0.3, -0.25) is 10.1 Å². The van der Waals surface area contributed by atoms with Crippen LogP contribution in [0.3, 0.4) is 0 Å². The molecule has 1 N–H and O–H groups in total. The van der Waals surface area contributed by atoms with Crippen LogP contribution in [0.1, 0.15) is 20.3 Å². The van der Waals surface area contributed by atoms with Gasteiger partial charge in [0.05, 0.1) is 18.8 Å². The van der Waals surface area contributed by atoms with Gasteiger partial charge in [-0.2, -0.15) is 0 Å². The normalized spacial score (nSPS) is 29.0. The maximum absolute atomic E-state index is 12.0. The molecule has 0 radical (unpaired) electrons. The lowest BCUT2D eigenvalue weighted by atomic mass is 10.2. The van der Waals surface area contributed by atoms with E-state index in [1.807, 2.05) is 6.92 Å². The van der Waals surface area contributed by atoms with Crippen molar-refractivity contribution in [1.29, 1.82) is 0 Å². The molecule has 1 fully saturated rings. The minimum atomic E-state index is -2.45. The summed E-state index contributed by atoms with van der Waals surface area (Å²) in [7, 11) is 0. The van der Waals surface area contributed by atoms with Crippen LogP contribution >= 0.6 is 0 Å². The van der Waals surface area contributed by atoms with Crippen LogP contribution in [0.25, 0.3) is 0 Å². The van der Waals surface area contributed by atoms with Crippen molar-refractivity contribution in [2.45, 2.75) is 38.9 Å². The summed E-state index contributed by atoms with van der Waals surface area (Å²) in [6, 6.07) is -0.284. The monoisotopic (exact) mass is 192 g/mol. The Labute approximate surface area is 76.1 Å². The Bertz CT molecular complexity index is 199. The number of halogens is 2. The van der Waals surface area contributed by atoms with Gasteiger partial charge in [-0.05, 0) is 13.3 Å². The molecule has 0 saturated carbocycles. The topological polar surface area (TPSA) is 32.3 Å². The predicted molar refractivity (Wildman–Crippen MR) is 44.4 cm³/mol. The Morgan fingerprint density at radius 1 is 1.62 bits per heavy atom. The summed E-state index contributed by atoms with van der Waals surface area (Å²) >= 11 is 0. The zero-order valence-electron chi connectivity index (χ0n) is 7.76. The number of amides is 1. The van der Waals surface area contributed by atoms with Crippen LogP contribution in [0.4, 0.5) is 8.78 Å². The molecule has 0 spiro atoms. The Hall–Kier alpha value is -0.710. The van der Waals surface area contributed by atoms with Crippen molar-refractivity contribution < 1.29 is 13.6 Å². The number of carbonyl (C=O) groups is 1. The highest BCUT2D eigenvalue weighted by atomic mass is 19.3. The first-order chi connectivity index (χ1) is 6.06. The standard InChI is InChI=1S/C8H14F2N2O/c1-3-6-8(13)12(4-7(9)10)5(2)11-6/h5-7,11H,3-4H2,1-2H3. The summed E-state index contributed by atoms with van der Waals surface area (Å²) in [4.78, 5) is 12.6. The molecular weight excluding hydrogens is 178 g/mol. The molecule has 1 rings (SSSR count). The van der Waals surface area contributed by atoms with Crippen LogP contribution in [-0.4, -0.2) is 36.0 Å². The van der Waals surface area contributed by atoms with Crippen molar-refractivity contribution in [2.75, 3.05) is 6.54 Å². The molecule has 3 nitrogen and oxygen atoms in total. The SMILES string of the molecule is CCC1NC(C)N(CC(F)F)C1=O. The van der Waals surface area contributed by atoms with Crippen LogP contribution in [-0.2, 0) is 4.79 Å². The predicted octanol–water partition coefficient (Wildman–Crippen LogP) is 0.808. The van der Waals surface area contributed by atoms with Gasteiger partial charge in [0.2, 0.25) is 5.91 Å². The molecule has 0 aliphatic carbocycles. The summed E-state index contributed by atoms with van der Waals surface area (Å²) in [6.45, 7) is 3.10. The largest absolute Gasteiger partial charge is 0.320 e. The fourth-order valence-electron chi connectivity index (χ4n) is 1.53. The van der Waals surface area contributed by atoms with Crippen molar-refractivity contribution in [3.8, 4) is 0 Å². The van der Waals surface area contributed by atoms with Gasteiger partial charge in [-0.1, -0.05) is 6.92 Å². The zero-order valence-corrected chi connectivity index (χ0v) is 7.76. The van der Waals surface area contributed by atoms with Crippen LogP contribution in [0.2, 0.25) is 0 Å². The average Bonchev–Trinajstić information content (AvgIpc) is 2.31. The van der Waals surface area contributed by atoms with E-state index in [0.717, 1.165) is 0 Å². The number of alkyl halides is 2. The molecule has 13 heavy (non-hydrogen) atoms. The minimum absolute atomic E-state index is 0.213. The van der Waals surface area contributed by atoms with Crippen LogP contribution in [0, 0.1) is 0 Å². The van der Waals surface area contributed by atoms with E-state index >= 15 is 0 Å². The lowest BCUT2D eigenvalue weighted by molar-refractivity contribution is -0.131. The maximum Gasteiger partial charge on any atom is 0.255 e. The van der Waals surface area contributed by atoms with Gasteiger partial charge in [0.1, 0.15) is 0 Å². The molecule has 1 saturated heterocycles. The third-order valence-corrected chi connectivity index (χ3v) is 2.23. The first-order valence-corrected chi connectivity index (χ1v) is 4.41. The van der Waals surface area contributed by atoms with E-state index < -0.39 is 13.0 Å². The number of rotatable bonds is 3. The number of hydrogen-bond acceptors (Lipinski definition) is 2. The zero-order chi connectivity index (χ0) is 10.0. The number of nitrogens with one attached hydrogen (secondary N) is 1. The molecule has 2 unspecified atom stereocenters. The van der Waals surface area contributed by atoms with E-state index in [9.17, 15) is 13.6 Å². The quantitative estimate of drug-likeness (QED) is 0.717. The van der Waals surface area contributed by atoms with Crippen molar-refractivity contribution in [3.63, 3.8) is 0 Å². The second kappa shape index (κ2) is 4.00. The smallest absolute Gasteiger partial charge is 0.255 e. The molecule has 0 bridgehead atoms. The Morgan fingerprint density at radius 2 is 2.23 bits per heavy atom. The van der Waals surface area contributed by atoms with E-state index in [2.05, 4.69) is 5.32 Å². The van der Waals surface area contributed by atoms with Gasteiger partial charge >= 0.3 is 0 Å². The molecule has 1 heterocycles. The third-order valence-electron chi connectivity index (χ3n) is 2.23. The first-order valence-electron chi connectivity index (χ1n) is 4.41. The van der Waals surface area contributed by atoms with Gasteiger partial charge in [0.15, 0.2) is 0 Å². The number of hydrogen-bond donors (Lipinski definition) is 1. The molecule has 0 aromatic carbocycles. The molecule has 0 aromatic rings. The summed E-state index contributed by atoms with van der Waals surface area (Å²) in [5.41, 5.74) is 0. The van der Waals surface area contributed by atoms with Crippen LogP contribution in [0.15, 0.2) is 0 Å². The molecular formula is C8H14F2N2O. The Kier molecular flexibility index (Phi) is 3.19. The summed E-state index contributed by atoms with van der Waals surface area (Å²) in [6.07, 6.45) is -2.08. The minimum Gasteiger partial charge on any atom is -0.320 e. The van der Waals surface area contributed by atoms with Gasteiger partial charge in [0.25, 0.3) is 6.43 Å². The molecule has 1 aliphatic heterocycles. The van der Waals surface area contributed by atoms with Crippen molar-refractivity contribution in [1.82, 2.24) is 10.2 Å². The fourth-order valence-corrected chi connectivity index (χ4v) is 1.53.